The fourth-order valence-corrected chi connectivity index (χ4v) is 4.25. The van der Waals surface area contributed by atoms with Crippen molar-refractivity contribution in [3.63, 3.8) is 0 Å². The molecule has 1 saturated carbocycles. The summed E-state index contributed by atoms with van der Waals surface area (Å²) in [4.78, 5) is 0. The summed E-state index contributed by atoms with van der Waals surface area (Å²) in [6, 6.07) is 7.66. The van der Waals surface area contributed by atoms with Crippen molar-refractivity contribution < 1.29 is 0 Å². The van der Waals surface area contributed by atoms with Gasteiger partial charge in [-0.3, -0.25) is 4.68 Å². The summed E-state index contributed by atoms with van der Waals surface area (Å²) in [7, 11) is 2.04. The van der Waals surface area contributed by atoms with Crippen molar-refractivity contribution >= 4 is 10.9 Å². The first-order chi connectivity index (χ1) is 9.29. The first-order valence-electron chi connectivity index (χ1n) is 7.45. The number of hydrogen-bond donors (Lipinski definition) is 1. The number of hydrogen-bond acceptors (Lipinski definition) is 2. The maximum Gasteiger partial charge on any atom is 0.0682 e. The molecule has 1 aromatic carbocycles. The molecule has 0 spiro atoms. The SMILES string of the molecule is Cn1ncc2ccc(C34CCCCC3NCC4)cc21. The van der Waals surface area contributed by atoms with E-state index < -0.39 is 0 Å². The molecule has 0 bridgehead atoms. The molecule has 1 N–H and O–H groups in total. The maximum atomic E-state index is 4.37. The van der Waals surface area contributed by atoms with Gasteiger partial charge in [0.1, 0.15) is 0 Å². The zero-order valence-electron chi connectivity index (χ0n) is 11.5. The van der Waals surface area contributed by atoms with E-state index in [2.05, 4.69) is 28.6 Å². The third kappa shape index (κ3) is 1.57. The molecule has 1 aliphatic carbocycles. The molecular formula is C16H21N3. The summed E-state index contributed by atoms with van der Waals surface area (Å²) in [5.41, 5.74) is 3.18. The molecule has 100 valence electrons. The molecule has 2 unspecified atom stereocenters. The molecule has 2 atom stereocenters. The van der Waals surface area contributed by atoms with E-state index in [1.807, 2.05) is 17.9 Å². The molecule has 2 aliphatic rings. The van der Waals surface area contributed by atoms with Gasteiger partial charge in [-0.25, -0.2) is 0 Å². The van der Waals surface area contributed by atoms with Crippen LogP contribution in [0.4, 0.5) is 0 Å². The van der Waals surface area contributed by atoms with Gasteiger partial charge >= 0.3 is 0 Å². The molecule has 3 heteroatoms. The van der Waals surface area contributed by atoms with Crippen molar-refractivity contribution in [2.75, 3.05) is 6.54 Å². The Kier molecular flexibility index (Phi) is 2.46. The number of aromatic nitrogens is 2. The van der Waals surface area contributed by atoms with Crippen LogP contribution in [0.2, 0.25) is 0 Å². The standard InChI is InChI=1S/C16H21N3/c1-19-14-10-13(6-5-12(14)11-18-19)16-7-3-2-4-15(16)17-9-8-16/h5-6,10-11,15,17H,2-4,7-9H2,1H3. The minimum atomic E-state index is 0.386. The first-order valence-corrected chi connectivity index (χ1v) is 7.45. The van der Waals surface area contributed by atoms with Crippen molar-refractivity contribution in [1.29, 1.82) is 0 Å². The topological polar surface area (TPSA) is 29.9 Å². The second-order valence-corrected chi connectivity index (χ2v) is 6.20. The Labute approximate surface area is 114 Å². The van der Waals surface area contributed by atoms with E-state index in [1.54, 1.807) is 0 Å². The Hall–Kier alpha value is -1.35. The third-order valence-corrected chi connectivity index (χ3v) is 5.32. The monoisotopic (exact) mass is 255 g/mol. The van der Waals surface area contributed by atoms with Crippen LogP contribution in [0, 0.1) is 0 Å². The minimum absolute atomic E-state index is 0.386. The minimum Gasteiger partial charge on any atom is -0.313 e. The number of rotatable bonds is 1. The predicted octanol–water partition coefficient (Wildman–Crippen LogP) is 2.75. The Morgan fingerprint density at radius 2 is 2.26 bits per heavy atom. The predicted molar refractivity (Wildman–Crippen MR) is 77.3 cm³/mol. The summed E-state index contributed by atoms with van der Waals surface area (Å²) in [6.07, 6.45) is 8.69. The Bertz CT molecular complexity index is 615. The van der Waals surface area contributed by atoms with Gasteiger partial charge in [0, 0.05) is 23.9 Å². The summed E-state index contributed by atoms with van der Waals surface area (Å²) < 4.78 is 2.00. The van der Waals surface area contributed by atoms with Crippen LogP contribution in [0.1, 0.15) is 37.7 Å². The molecule has 0 radical (unpaired) electrons. The van der Waals surface area contributed by atoms with E-state index in [0.717, 1.165) is 0 Å². The average Bonchev–Trinajstić information content (AvgIpc) is 3.03. The maximum absolute atomic E-state index is 4.37. The molecule has 1 saturated heterocycles. The highest BCUT2D eigenvalue weighted by molar-refractivity contribution is 5.79. The molecule has 1 aromatic heterocycles. The van der Waals surface area contributed by atoms with Crippen molar-refractivity contribution in [1.82, 2.24) is 15.1 Å². The number of aryl methyl sites for hydroxylation is 1. The lowest BCUT2D eigenvalue weighted by Gasteiger charge is -2.39. The van der Waals surface area contributed by atoms with Crippen molar-refractivity contribution in [3.8, 4) is 0 Å². The molecule has 4 rings (SSSR count). The van der Waals surface area contributed by atoms with E-state index in [0.29, 0.717) is 11.5 Å². The van der Waals surface area contributed by atoms with Crippen LogP contribution in [-0.2, 0) is 12.5 Å². The second kappa shape index (κ2) is 4.07. The van der Waals surface area contributed by atoms with Gasteiger partial charge in [-0.15, -0.1) is 0 Å². The van der Waals surface area contributed by atoms with Crippen molar-refractivity contribution in [2.24, 2.45) is 7.05 Å². The Morgan fingerprint density at radius 3 is 3.21 bits per heavy atom. The normalized spacial score (nSPS) is 30.7. The van der Waals surface area contributed by atoms with Gasteiger partial charge in [0.15, 0.2) is 0 Å². The van der Waals surface area contributed by atoms with Crippen LogP contribution in [0.3, 0.4) is 0 Å². The van der Waals surface area contributed by atoms with Gasteiger partial charge in [-0.2, -0.15) is 5.10 Å². The fourth-order valence-electron chi connectivity index (χ4n) is 4.25. The second-order valence-electron chi connectivity index (χ2n) is 6.20. The van der Waals surface area contributed by atoms with Crippen molar-refractivity contribution in [3.05, 3.63) is 30.0 Å². The zero-order valence-corrected chi connectivity index (χ0v) is 11.5. The molecule has 1 aliphatic heterocycles. The number of fused-ring (bicyclic) bond motifs is 2. The summed E-state index contributed by atoms with van der Waals surface area (Å²) in [5, 5.41) is 9.35. The van der Waals surface area contributed by atoms with Gasteiger partial charge in [-0.05, 0) is 37.4 Å². The van der Waals surface area contributed by atoms with Gasteiger partial charge in [0.2, 0.25) is 0 Å². The highest BCUT2D eigenvalue weighted by Gasteiger charge is 2.45. The largest absolute Gasteiger partial charge is 0.313 e. The Morgan fingerprint density at radius 1 is 1.32 bits per heavy atom. The summed E-state index contributed by atoms with van der Waals surface area (Å²) in [6.45, 7) is 1.17. The summed E-state index contributed by atoms with van der Waals surface area (Å²) in [5.74, 6) is 0. The van der Waals surface area contributed by atoms with E-state index in [-0.39, 0.29) is 0 Å². The molecule has 0 amide bonds. The molecular weight excluding hydrogens is 234 g/mol. The lowest BCUT2D eigenvalue weighted by Crippen LogP contribution is -2.42. The highest BCUT2D eigenvalue weighted by atomic mass is 15.2. The van der Waals surface area contributed by atoms with E-state index in [1.165, 1.54) is 55.1 Å². The fraction of sp³-hybridized carbons (Fsp3) is 0.562. The summed E-state index contributed by atoms with van der Waals surface area (Å²) >= 11 is 0. The number of benzene rings is 1. The molecule has 2 aromatic rings. The van der Waals surface area contributed by atoms with E-state index >= 15 is 0 Å². The average molecular weight is 255 g/mol. The quantitative estimate of drug-likeness (QED) is 0.849. The van der Waals surface area contributed by atoms with E-state index in [4.69, 9.17) is 0 Å². The molecule has 19 heavy (non-hydrogen) atoms. The van der Waals surface area contributed by atoms with Crippen LogP contribution in [-0.4, -0.2) is 22.4 Å². The lowest BCUT2D eigenvalue weighted by molar-refractivity contribution is 0.267. The van der Waals surface area contributed by atoms with Gasteiger partial charge in [-0.1, -0.05) is 25.0 Å². The molecule has 3 nitrogen and oxygen atoms in total. The third-order valence-electron chi connectivity index (χ3n) is 5.32. The van der Waals surface area contributed by atoms with Gasteiger partial charge in [0.05, 0.1) is 11.7 Å². The highest BCUT2D eigenvalue weighted by Crippen LogP contribution is 2.45. The van der Waals surface area contributed by atoms with Crippen LogP contribution in [0.25, 0.3) is 10.9 Å². The molecule has 2 fully saturated rings. The zero-order chi connectivity index (χ0) is 12.9. The number of nitrogens with zero attached hydrogens (tertiary/aromatic N) is 2. The first kappa shape index (κ1) is 11.5. The van der Waals surface area contributed by atoms with E-state index in [9.17, 15) is 0 Å². The molecule has 2 heterocycles. The van der Waals surface area contributed by atoms with Crippen LogP contribution < -0.4 is 5.32 Å². The number of nitrogens with one attached hydrogen (secondary N) is 1. The smallest absolute Gasteiger partial charge is 0.0682 e. The van der Waals surface area contributed by atoms with Gasteiger partial charge in [0.25, 0.3) is 0 Å². The van der Waals surface area contributed by atoms with Gasteiger partial charge < -0.3 is 5.32 Å². The van der Waals surface area contributed by atoms with Crippen LogP contribution in [0.15, 0.2) is 24.4 Å². The van der Waals surface area contributed by atoms with Crippen LogP contribution >= 0.6 is 0 Å². The lowest BCUT2D eigenvalue weighted by atomic mass is 9.66. The Balaban J connectivity index is 1.85. The van der Waals surface area contributed by atoms with Crippen LogP contribution in [0.5, 0.6) is 0 Å². The van der Waals surface area contributed by atoms with Crippen molar-refractivity contribution in [2.45, 2.75) is 43.6 Å².